The lowest BCUT2D eigenvalue weighted by Gasteiger charge is -2.23. The van der Waals surface area contributed by atoms with Gasteiger partial charge in [-0.05, 0) is 24.3 Å². The number of sulfonamides is 1. The fraction of sp³-hybridized carbons (Fsp3) is 0.455. The number of hydrogen-bond acceptors (Lipinski definition) is 4. The molecule has 0 fully saturated rings. The van der Waals surface area contributed by atoms with Crippen molar-refractivity contribution in [3.63, 3.8) is 0 Å². The molecule has 0 aromatic carbocycles. The molecule has 1 aromatic rings. The number of nitrogens with zero attached hydrogens (tertiary/aromatic N) is 1. The van der Waals surface area contributed by atoms with Crippen LogP contribution in [0.1, 0.15) is 16.9 Å². The van der Waals surface area contributed by atoms with Crippen molar-refractivity contribution in [2.24, 2.45) is 5.73 Å². The van der Waals surface area contributed by atoms with Crippen molar-refractivity contribution in [3.8, 4) is 0 Å². The van der Waals surface area contributed by atoms with Crippen LogP contribution in [0.25, 0.3) is 0 Å². The van der Waals surface area contributed by atoms with Crippen LogP contribution in [0.4, 0.5) is 0 Å². The normalized spacial score (nSPS) is 17.5. The monoisotopic (exact) mass is 272 g/mol. The van der Waals surface area contributed by atoms with Crippen LogP contribution in [0.15, 0.2) is 22.4 Å². The van der Waals surface area contributed by atoms with E-state index in [1.54, 1.807) is 0 Å². The van der Waals surface area contributed by atoms with Crippen LogP contribution in [0, 0.1) is 6.92 Å². The quantitative estimate of drug-likeness (QED) is 0.847. The summed E-state index contributed by atoms with van der Waals surface area (Å²) in [4.78, 5) is 1.16. The highest BCUT2D eigenvalue weighted by Gasteiger charge is 2.29. The predicted octanol–water partition coefficient (Wildman–Crippen LogP) is 1.47. The van der Waals surface area contributed by atoms with Gasteiger partial charge in [0.1, 0.15) is 4.90 Å². The van der Waals surface area contributed by atoms with Crippen molar-refractivity contribution in [3.05, 3.63) is 28.0 Å². The van der Waals surface area contributed by atoms with E-state index in [1.165, 1.54) is 15.6 Å². The van der Waals surface area contributed by atoms with E-state index >= 15 is 0 Å². The second-order valence-corrected chi connectivity index (χ2v) is 6.84. The van der Waals surface area contributed by atoms with Gasteiger partial charge in [-0.2, -0.15) is 4.31 Å². The number of aryl methyl sites for hydroxylation is 1. The zero-order chi connectivity index (χ0) is 12.5. The molecular weight excluding hydrogens is 256 g/mol. The summed E-state index contributed by atoms with van der Waals surface area (Å²) in [5, 5.41) is 1.86. The fourth-order valence-electron chi connectivity index (χ4n) is 1.94. The van der Waals surface area contributed by atoms with Crippen LogP contribution >= 0.6 is 11.3 Å². The third-order valence-electron chi connectivity index (χ3n) is 2.79. The minimum absolute atomic E-state index is 0.275. The fourth-order valence-corrected chi connectivity index (χ4v) is 5.00. The largest absolute Gasteiger partial charge is 0.326 e. The minimum atomic E-state index is -3.38. The Kier molecular flexibility index (Phi) is 3.67. The minimum Gasteiger partial charge on any atom is -0.326 e. The molecule has 0 unspecified atom stereocenters. The van der Waals surface area contributed by atoms with Gasteiger partial charge < -0.3 is 5.73 Å². The molecule has 0 aliphatic carbocycles. The zero-order valence-electron chi connectivity index (χ0n) is 9.72. The van der Waals surface area contributed by atoms with Gasteiger partial charge >= 0.3 is 0 Å². The lowest BCUT2D eigenvalue weighted by molar-refractivity contribution is 0.437. The zero-order valence-corrected chi connectivity index (χ0v) is 11.4. The molecule has 6 heteroatoms. The maximum atomic E-state index is 12.5. The van der Waals surface area contributed by atoms with E-state index in [4.69, 9.17) is 5.73 Å². The summed E-state index contributed by atoms with van der Waals surface area (Å²) < 4.78 is 26.5. The average Bonchev–Trinajstić information content (AvgIpc) is 2.72. The SMILES string of the molecule is Cc1csc(CN)c1S(=O)(=O)N1CC=CCC1. The van der Waals surface area contributed by atoms with Crippen LogP contribution in [0.2, 0.25) is 0 Å². The molecule has 0 spiro atoms. The van der Waals surface area contributed by atoms with E-state index in [0.29, 0.717) is 18.0 Å². The van der Waals surface area contributed by atoms with Crippen LogP contribution in [-0.4, -0.2) is 25.8 Å². The summed E-state index contributed by atoms with van der Waals surface area (Å²) in [7, 11) is -3.38. The molecule has 94 valence electrons. The van der Waals surface area contributed by atoms with Crippen molar-refractivity contribution in [1.82, 2.24) is 4.31 Å². The molecule has 17 heavy (non-hydrogen) atoms. The Morgan fingerprint density at radius 2 is 2.24 bits per heavy atom. The third kappa shape index (κ3) is 2.30. The summed E-state index contributed by atoms with van der Waals surface area (Å²) in [6.07, 6.45) is 4.68. The highest BCUT2D eigenvalue weighted by Crippen LogP contribution is 2.29. The Balaban J connectivity index is 2.43. The van der Waals surface area contributed by atoms with Crippen molar-refractivity contribution in [2.75, 3.05) is 13.1 Å². The Morgan fingerprint density at radius 1 is 1.47 bits per heavy atom. The highest BCUT2D eigenvalue weighted by molar-refractivity contribution is 7.89. The lowest BCUT2D eigenvalue weighted by atomic mass is 10.3. The number of thiophene rings is 1. The van der Waals surface area contributed by atoms with Gasteiger partial charge in [0.25, 0.3) is 0 Å². The van der Waals surface area contributed by atoms with Gasteiger partial charge in [0.2, 0.25) is 10.0 Å². The summed E-state index contributed by atoms with van der Waals surface area (Å²) in [5.41, 5.74) is 6.40. The molecule has 0 atom stereocenters. The molecule has 2 heterocycles. The van der Waals surface area contributed by atoms with E-state index in [-0.39, 0.29) is 6.54 Å². The van der Waals surface area contributed by atoms with Gasteiger partial charge in [0.15, 0.2) is 0 Å². The topological polar surface area (TPSA) is 63.4 Å². The molecule has 4 nitrogen and oxygen atoms in total. The Bertz CT molecular complexity index is 532. The van der Waals surface area contributed by atoms with Crippen LogP contribution < -0.4 is 5.73 Å². The van der Waals surface area contributed by atoms with E-state index in [0.717, 1.165) is 16.9 Å². The van der Waals surface area contributed by atoms with Gasteiger partial charge in [-0.25, -0.2) is 8.42 Å². The maximum absolute atomic E-state index is 12.5. The first-order valence-corrected chi connectivity index (χ1v) is 7.81. The Morgan fingerprint density at radius 3 is 2.82 bits per heavy atom. The standard InChI is InChI=1S/C11H16N2O2S2/c1-9-8-16-10(7-12)11(9)17(14,15)13-5-3-2-4-6-13/h2-3,8H,4-7,12H2,1H3. The van der Waals surface area contributed by atoms with E-state index in [9.17, 15) is 8.42 Å². The van der Waals surface area contributed by atoms with Gasteiger partial charge in [-0.1, -0.05) is 12.2 Å². The summed E-state index contributed by atoms with van der Waals surface area (Å²) >= 11 is 1.42. The van der Waals surface area contributed by atoms with E-state index in [1.807, 2.05) is 24.5 Å². The molecule has 2 rings (SSSR count). The van der Waals surface area contributed by atoms with Crippen molar-refractivity contribution in [2.45, 2.75) is 24.8 Å². The molecule has 0 bridgehead atoms. The molecule has 0 saturated heterocycles. The summed E-state index contributed by atoms with van der Waals surface area (Å²) in [5.74, 6) is 0. The second-order valence-electron chi connectivity index (χ2n) is 4.00. The van der Waals surface area contributed by atoms with Gasteiger partial charge in [-0.15, -0.1) is 11.3 Å². The van der Waals surface area contributed by atoms with Crippen LogP contribution in [-0.2, 0) is 16.6 Å². The maximum Gasteiger partial charge on any atom is 0.244 e. The summed E-state index contributed by atoms with van der Waals surface area (Å²) in [6, 6.07) is 0. The van der Waals surface area contributed by atoms with Crippen molar-refractivity contribution < 1.29 is 8.42 Å². The van der Waals surface area contributed by atoms with E-state index < -0.39 is 10.0 Å². The van der Waals surface area contributed by atoms with Crippen molar-refractivity contribution >= 4 is 21.4 Å². The van der Waals surface area contributed by atoms with Gasteiger partial charge in [0.05, 0.1) is 0 Å². The first kappa shape index (κ1) is 12.8. The molecule has 1 aromatic heterocycles. The van der Waals surface area contributed by atoms with Gasteiger partial charge in [-0.3, -0.25) is 0 Å². The Labute approximate surface area is 106 Å². The molecule has 1 aliphatic rings. The van der Waals surface area contributed by atoms with Crippen LogP contribution in [0.3, 0.4) is 0 Å². The molecule has 0 amide bonds. The van der Waals surface area contributed by atoms with Crippen LogP contribution in [0.5, 0.6) is 0 Å². The smallest absolute Gasteiger partial charge is 0.244 e. The van der Waals surface area contributed by atoms with E-state index in [2.05, 4.69) is 0 Å². The average molecular weight is 272 g/mol. The predicted molar refractivity (Wildman–Crippen MR) is 69.5 cm³/mol. The Hall–Kier alpha value is -0.690. The number of hydrogen-bond donors (Lipinski definition) is 1. The molecule has 0 radical (unpaired) electrons. The van der Waals surface area contributed by atoms with Gasteiger partial charge in [0, 0.05) is 24.5 Å². The molecule has 1 aliphatic heterocycles. The number of nitrogens with two attached hydrogens (primary N) is 1. The summed E-state index contributed by atoms with van der Waals surface area (Å²) in [6.45, 7) is 3.11. The first-order chi connectivity index (χ1) is 8.07. The van der Waals surface area contributed by atoms with Crippen molar-refractivity contribution in [1.29, 1.82) is 0 Å². The number of rotatable bonds is 3. The lowest BCUT2D eigenvalue weighted by Crippen LogP contribution is -2.34. The molecule has 2 N–H and O–H groups in total. The molecule has 0 saturated carbocycles. The first-order valence-electron chi connectivity index (χ1n) is 5.49. The second kappa shape index (κ2) is 4.89. The molecular formula is C11H16N2O2S2. The third-order valence-corrected chi connectivity index (χ3v) is 6.15. The highest BCUT2D eigenvalue weighted by atomic mass is 32.2.